The van der Waals surface area contributed by atoms with E-state index in [1.165, 1.54) is 0 Å². The van der Waals surface area contributed by atoms with Crippen molar-refractivity contribution in [1.82, 2.24) is 15.8 Å². The highest BCUT2D eigenvalue weighted by molar-refractivity contribution is 5.94. The van der Waals surface area contributed by atoms with Crippen LogP contribution in [0.5, 0.6) is 5.75 Å². The van der Waals surface area contributed by atoms with Gasteiger partial charge < -0.3 is 10.2 Å². The Balaban J connectivity index is 1.52. The number of hydroxylamine groups is 1. The molecular weight excluding hydrogens is 368 g/mol. The van der Waals surface area contributed by atoms with Gasteiger partial charge in [0.05, 0.1) is 0 Å². The van der Waals surface area contributed by atoms with Crippen molar-refractivity contribution in [2.75, 3.05) is 11.9 Å². The molecule has 8 nitrogen and oxygen atoms in total. The minimum Gasteiger partial charge on any atom is -0.380 e. The number of carbonyl (C=O) groups excluding carboxylic acids is 1. The first kappa shape index (κ1) is 21.7. The molecule has 0 unspecified atom stereocenters. The summed E-state index contributed by atoms with van der Waals surface area (Å²) in [4.78, 5) is 25.3. The monoisotopic (exact) mass is 394 g/mol. The maximum Gasteiger partial charge on any atom is 0.252 e. The number of rotatable bonds is 11. The molecule has 1 aromatic carbocycles. The molecule has 0 bridgehead atoms. The summed E-state index contributed by atoms with van der Waals surface area (Å²) in [6, 6.07) is 12.8. The van der Waals surface area contributed by atoms with Gasteiger partial charge in [0.1, 0.15) is 0 Å². The van der Waals surface area contributed by atoms with E-state index >= 15 is 0 Å². The molecular formula is C21H26N6O2. The minimum atomic E-state index is -0.118. The van der Waals surface area contributed by atoms with E-state index in [1.54, 1.807) is 36.7 Å². The molecule has 1 amide bonds. The second-order valence-electron chi connectivity index (χ2n) is 6.29. The van der Waals surface area contributed by atoms with Gasteiger partial charge in [0.2, 0.25) is 5.96 Å². The fourth-order valence-corrected chi connectivity index (χ4v) is 2.51. The Morgan fingerprint density at radius 3 is 2.52 bits per heavy atom. The molecule has 152 valence electrons. The van der Waals surface area contributed by atoms with Crippen LogP contribution in [0, 0.1) is 11.5 Å². The largest absolute Gasteiger partial charge is 0.380 e. The lowest BCUT2D eigenvalue weighted by atomic mass is 10.1. The van der Waals surface area contributed by atoms with Crippen LogP contribution in [0.2, 0.25) is 0 Å². The van der Waals surface area contributed by atoms with E-state index in [0.717, 1.165) is 37.8 Å². The van der Waals surface area contributed by atoms with Crippen LogP contribution in [0.1, 0.15) is 38.5 Å². The molecule has 0 fully saturated rings. The number of aliphatic imine (C=N–C) groups is 1. The molecule has 2 rings (SSSR count). The fourth-order valence-electron chi connectivity index (χ4n) is 2.51. The summed E-state index contributed by atoms with van der Waals surface area (Å²) in [5, 5.41) is 14.4. The summed E-state index contributed by atoms with van der Waals surface area (Å²) in [5.41, 5.74) is 3.27. The van der Waals surface area contributed by atoms with Crippen molar-refractivity contribution < 1.29 is 9.63 Å². The number of pyridine rings is 1. The van der Waals surface area contributed by atoms with Crippen LogP contribution in [-0.4, -0.2) is 23.4 Å². The maximum absolute atomic E-state index is 11.7. The van der Waals surface area contributed by atoms with E-state index in [0.29, 0.717) is 24.7 Å². The number of guanidine groups is 1. The summed E-state index contributed by atoms with van der Waals surface area (Å²) in [7, 11) is 0. The quantitative estimate of drug-likeness (QED) is 0.135. The van der Waals surface area contributed by atoms with E-state index in [9.17, 15) is 4.79 Å². The molecule has 3 N–H and O–H groups in total. The van der Waals surface area contributed by atoms with Gasteiger partial charge >= 0.3 is 0 Å². The summed E-state index contributed by atoms with van der Waals surface area (Å²) < 4.78 is 0. The van der Waals surface area contributed by atoms with Crippen LogP contribution in [0.4, 0.5) is 5.69 Å². The Morgan fingerprint density at radius 1 is 1.03 bits per heavy atom. The average molecular weight is 394 g/mol. The van der Waals surface area contributed by atoms with E-state index < -0.39 is 0 Å². The summed E-state index contributed by atoms with van der Waals surface area (Å²) in [6.45, 7) is 0.619. The molecule has 8 heteroatoms. The van der Waals surface area contributed by atoms with Crippen LogP contribution < -0.4 is 21.0 Å². The second-order valence-corrected chi connectivity index (χ2v) is 6.29. The van der Waals surface area contributed by atoms with Gasteiger partial charge in [-0.25, -0.2) is 0 Å². The van der Waals surface area contributed by atoms with Crippen LogP contribution >= 0.6 is 0 Å². The smallest absolute Gasteiger partial charge is 0.252 e. The molecule has 0 aliphatic carbocycles. The number of aromatic nitrogens is 1. The van der Waals surface area contributed by atoms with Crippen molar-refractivity contribution in [2.24, 2.45) is 4.99 Å². The van der Waals surface area contributed by atoms with Crippen LogP contribution in [0.15, 0.2) is 59.9 Å². The predicted molar refractivity (Wildman–Crippen MR) is 112 cm³/mol. The molecule has 0 aliphatic rings. The standard InChI is InChI=1S/C21H26N6O2/c22-17-25-21(26-18-12-15-23-16-13-18)24-14-8-3-1-2-7-11-20(28)27-29-19-9-5-4-6-10-19/h4-6,9-10,12-13,15-16H,1-3,7-8,11,14H2,(H,27,28)(H2,23,24,25,26). The number of nitrogens with zero attached hydrogens (tertiary/aromatic N) is 3. The zero-order chi connectivity index (χ0) is 20.6. The molecule has 1 heterocycles. The Bertz CT molecular complexity index is 790. The van der Waals surface area contributed by atoms with E-state index in [1.807, 2.05) is 24.4 Å². The molecule has 0 saturated carbocycles. The third-order valence-corrected chi connectivity index (χ3v) is 3.98. The Kier molecular flexibility index (Phi) is 10.1. The Hall–Kier alpha value is -3.60. The van der Waals surface area contributed by atoms with Crippen molar-refractivity contribution in [3.63, 3.8) is 0 Å². The van der Waals surface area contributed by atoms with Gasteiger partial charge in [0, 0.05) is 31.0 Å². The molecule has 0 aliphatic heterocycles. The summed E-state index contributed by atoms with van der Waals surface area (Å²) >= 11 is 0. The highest BCUT2D eigenvalue weighted by Gasteiger charge is 2.02. The van der Waals surface area contributed by atoms with E-state index in [4.69, 9.17) is 10.1 Å². The zero-order valence-electron chi connectivity index (χ0n) is 16.3. The Labute approximate surface area is 171 Å². The van der Waals surface area contributed by atoms with E-state index in [2.05, 4.69) is 26.1 Å². The molecule has 0 radical (unpaired) electrons. The number of carbonyl (C=O) groups is 1. The predicted octanol–water partition coefficient (Wildman–Crippen LogP) is 3.37. The minimum absolute atomic E-state index is 0.118. The van der Waals surface area contributed by atoms with Gasteiger partial charge in [-0.2, -0.15) is 10.7 Å². The van der Waals surface area contributed by atoms with Crippen molar-refractivity contribution in [3.8, 4) is 11.9 Å². The number of amides is 1. The number of hydrogen-bond acceptors (Lipinski definition) is 5. The van der Waals surface area contributed by atoms with Crippen molar-refractivity contribution in [2.45, 2.75) is 38.5 Å². The zero-order valence-corrected chi connectivity index (χ0v) is 16.3. The van der Waals surface area contributed by atoms with Gasteiger partial charge in [-0.05, 0) is 37.1 Å². The van der Waals surface area contributed by atoms with Crippen LogP contribution in [-0.2, 0) is 4.79 Å². The number of anilines is 1. The van der Waals surface area contributed by atoms with Crippen LogP contribution in [0.25, 0.3) is 0 Å². The van der Waals surface area contributed by atoms with Gasteiger partial charge in [-0.3, -0.25) is 20.1 Å². The third-order valence-electron chi connectivity index (χ3n) is 3.98. The lowest BCUT2D eigenvalue weighted by Gasteiger charge is -2.07. The molecule has 29 heavy (non-hydrogen) atoms. The summed E-state index contributed by atoms with van der Waals surface area (Å²) in [6.07, 6.45) is 10.4. The molecule has 0 saturated heterocycles. The van der Waals surface area contributed by atoms with Gasteiger partial charge in [0.25, 0.3) is 5.91 Å². The number of nitriles is 1. The summed E-state index contributed by atoms with van der Waals surface area (Å²) in [5.74, 6) is 0.923. The SMILES string of the molecule is N#CNC(=NCCCCCCCC(=O)NOc1ccccc1)Nc1ccncc1. The first-order valence-electron chi connectivity index (χ1n) is 9.65. The normalized spacial score (nSPS) is 10.7. The Morgan fingerprint density at radius 2 is 1.76 bits per heavy atom. The maximum atomic E-state index is 11.7. The van der Waals surface area contributed by atoms with Crippen molar-refractivity contribution in [3.05, 3.63) is 54.9 Å². The first-order valence-corrected chi connectivity index (χ1v) is 9.65. The van der Waals surface area contributed by atoms with Crippen LogP contribution in [0.3, 0.4) is 0 Å². The van der Waals surface area contributed by atoms with Gasteiger partial charge in [-0.1, -0.05) is 37.5 Å². The number of hydrogen-bond donors (Lipinski definition) is 3. The topological polar surface area (TPSA) is 111 Å². The van der Waals surface area contributed by atoms with Gasteiger partial charge in [-0.15, -0.1) is 0 Å². The van der Waals surface area contributed by atoms with Crippen molar-refractivity contribution in [1.29, 1.82) is 5.26 Å². The van der Waals surface area contributed by atoms with Gasteiger partial charge in [0.15, 0.2) is 11.9 Å². The fraction of sp³-hybridized carbons (Fsp3) is 0.333. The third kappa shape index (κ3) is 9.77. The lowest BCUT2D eigenvalue weighted by molar-refractivity contribution is -0.127. The van der Waals surface area contributed by atoms with E-state index in [-0.39, 0.29) is 5.91 Å². The van der Waals surface area contributed by atoms with Crippen molar-refractivity contribution >= 4 is 17.6 Å². The molecule has 2 aromatic rings. The number of unbranched alkanes of at least 4 members (excludes halogenated alkanes) is 4. The average Bonchev–Trinajstić information content (AvgIpc) is 2.75. The number of benzene rings is 1. The highest BCUT2D eigenvalue weighted by Crippen LogP contribution is 2.08. The molecule has 1 aromatic heterocycles. The molecule has 0 spiro atoms. The number of nitrogens with one attached hydrogen (secondary N) is 3. The highest BCUT2D eigenvalue weighted by atomic mass is 16.7. The number of para-hydroxylation sites is 1. The molecule has 0 atom stereocenters. The lowest BCUT2D eigenvalue weighted by Crippen LogP contribution is -2.27. The first-order chi connectivity index (χ1) is 14.3. The second kappa shape index (κ2) is 13.6.